The van der Waals surface area contributed by atoms with Crippen molar-refractivity contribution in [2.45, 2.75) is 45.1 Å². The molecule has 1 aromatic rings. The molecule has 2 rings (SSSR count). The van der Waals surface area contributed by atoms with E-state index < -0.39 is 0 Å². The molecule has 17 heavy (non-hydrogen) atoms. The Morgan fingerprint density at radius 3 is 3.00 bits per heavy atom. The van der Waals surface area contributed by atoms with Crippen molar-refractivity contribution in [2.75, 3.05) is 13.2 Å². The highest BCUT2D eigenvalue weighted by molar-refractivity contribution is 4.89. The van der Waals surface area contributed by atoms with E-state index in [1.54, 1.807) is 6.33 Å². The van der Waals surface area contributed by atoms with Crippen molar-refractivity contribution >= 4 is 0 Å². The normalized spacial score (nSPS) is 18.7. The van der Waals surface area contributed by atoms with Gasteiger partial charge in [0.15, 0.2) is 6.29 Å². The second-order valence-electron chi connectivity index (χ2n) is 4.27. The molecular formula is C11H20N4O2. The summed E-state index contributed by atoms with van der Waals surface area (Å²) in [5.41, 5.74) is 6.07. The summed E-state index contributed by atoms with van der Waals surface area (Å²) in [4.78, 5) is 4.24. The molecule has 0 saturated carbocycles. The van der Waals surface area contributed by atoms with Crippen LogP contribution in [0.15, 0.2) is 6.33 Å². The van der Waals surface area contributed by atoms with Crippen molar-refractivity contribution in [3.63, 3.8) is 0 Å². The predicted octanol–water partition coefficient (Wildman–Crippen LogP) is 0.321. The van der Waals surface area contributed by atoms with Gasteiger partial charge < -0.3 is 15.2 Å². The average Bonchev–Trinajstić information content (AvgIpc) is 2.92. The first-order valence-electron chi connectivity index (χ1n) is 6.15. The van der Waals surface area contributed by atoms with Crippen molar-refractivity contribution in [1.29, 1.82) is 0 Å². The first kappa shape index (κ1) is 12.5. The largest absolute Gasteiger partial charge is 0.350 e. The lowest BCUT2D eigenvalue weighted by molar-refractivity contribution is -0.0505. The molecule has 1 aromatic heterocycles. The zero-order valence-corrected chi connectivity index (χ0v) is 10.2. The van der Waals surface area contributed by atoms with Crippen molar-refractivity contribution in [3.8, 4) is 0 Å². The standard InChI is InChI=1S/C11H20N4O2/c1-2-3-15-10(13-8-14-15)6-9(12)7-11-16-4-5-17-11/h8-9,11H,2-7,12H2,1H3. The molecule has 2 N–H and O–H groups in total. The van der Waals surface area contributed by atoms with Crippen LogP contribution in [0, 0.1) is 0 Å². The molecule has 1 atom stereocenters. The van der Waals surface area contributed by atoms with E-state index >= 15 is 0 Å². The van der Waals surface area contributed by atoms with Gasteiger partial charge in [-0.3, -0.25) is 4.68 Å². The fraction of sp³-hybridized carbons (Fsp3) is 0.818. The molecule has 0 spiro atoms. The lowest BCUT2D eigenvalue weighted by atomic mass is 10.1. The molecule has 2 heterocycles. The fourth-order valence-corrected chi connectivity index (χ4v) is 1.95. The van der Waals surface area contributed by atoms with Crippen LogP contribution in [0.4, 0.5) is 0 Å². The Morgan fingerprint density at radius 1 is 1.53 bits per heavy atom. The molecule has 6 nitrogen and oxygen atoms in total. The van der Waals surface area contributed by atoms with Gasteiger partial charge in [-0.2, -0.15) is 5.10 Å². The van der Waals surface area contributed by atoms with Crippen LogP contribution < -0.4 is 5.73 Å². The van der Waals surface area contributed by atoms with Gasteiger partial charge in [0.1, 0.15) is 12.2 Å². The van der Waals surface area contributed by atoms with Crippen LogP contribution in [0.1, 0.15) is 25.6 Å². The van der Waals surface area contributed by atoms with Crippen LogP contribution in [0.2, 0.25) is 0 Å². The minimum Gasteiger partial charge on any atom is -0.350 e. The highest BCUT2D eigenvalue weighted by Gasteiger charge is 2.20. The van der Waals surface area contributed by atoms with Crippen molar-refractivity contribution in [3.05, 3.63) is 12.2 Å². The summed E-state index contributed by atoms with van der Waals surface area (Å²) in [5, 5.41) is 4.18. The van der Waals surface area contributed by atoms with Crippen molar-refractivity contribution in [1.82, 2.24) is 14.8 Å². The van der Waals surface area contributed by atoms with Crippen LogP contribution >= 0.6 is 0 Å². The van der Waals surface area contributed by atoms with E-state index in [0.29, 0.717) is 26.1 Å². The van der Waals surface area contributed by atoms with Gasteiger partial charge >= 0.3 is 0 Å². The summed E-state index contributed by atoms with van der Waals surface area (Å²) in [7, 11) is 0. The molecular weight excluding hydrogens is 220 g/mol. The smallest absolute Gasteiger partial charge is 0.159 e. The first-order valence-corrected chi connectivity index (χ1v) is 6.15. The SMILES string of the molecule is CCCn1ncnc1CC(N)CC1OCCO1. The van der Waals surface area contributed by atoms with E-state index in [1.165, 1.54) is 0 Å². The third kappa shape index (κ3) is 3.49. The van der Waals surface area contributed by atoms with Crippen LogP contribution in [0.3, 0.4) is 0 Å². The van der Waals surface area contributed by atoms with E-state index in [9.17, 15) is 0 Å². The molecule has 1 aliphatic rings. The Labute approximate surface area is 101 Å². The first-order chi connectivity index (χ1) is 8.29. The van der Waals surface area contributed by atoms with Crippen LogP contribution in [0.25, 0.3) is 0 Å². The lowest BCUT2D eigenvalue weighted by Gasteiger charge is -2.15. The number of aromatic nitrogens is 3. The van der Waals surface area contributed by atoms with E-state index in [1.807, 2.05) is 4.68 Å². The maximum absolute atomic E-state index is 6.07. The van der Waals surface area contributed by atoms with Gasteiger partial charge in [-0.25, -0.2) is 4.98 Å². The maximum Gasteiger partial charge on any atom is 0.159 e. The summed E-state index contributed by atoms with van der Waals surface area (Å²) in [6.07, 6.45) is 3.90. The van der Waals surface area contributed by atoms with Gasteiger partial charge in [0.25, 0.3) is 0 Å². The number of rotatable bonds is 6. The minimum absolute atomic E-state index is 0.00194. The van der Waals surface area contributed by atoms with Gasteiger partial charge in [-0.15, -0.1) is 0 Å². The van der Waals surface area contributed by atoms with E-state index in [-0.39, 0.29) is 12.3 Å². The third-order valence-corrected chi connectivity index (χ3v) is 2.76. The summed E-state index contributed by atoms with van der Waals surface area (Å²) in [6, 6.07) is -0.00194. The zero-order chi connectivity index (χ0) is 12.1. The monoisotopic (exact) mass is 240 g/mol. The number of hydrogen-bond acceptors (Lipinski definition) is 5. The number of nitrogens with zero attached hydrogens (tertiary/aromatic N) is 3. The zero-order valence-electron chi connectivity index (χ0n) is 10.2. The molecule has 0 amide bonds. The number of aryl methyl sites for hydroxylation is 1. The second-order valence-corrected chi connectivity index (χ2v) is 4.27. The van der Waals surface area contributed by atoms with Gasteiger partial charge in [-0.1, -0.05) is 6.92 Å². The maximum atomic E-state index is 6.07. The van der Waals surface area contributed by atoms with Gasteiger partial charge in [0, 0.05) is 25.4 Å². The molecule has 0 radical (unpaired) electrons. The molecule has 96 valence electrons. The number of nitrogens with two attached hydrogens (primary N) is 1. The molecule has 1 aliphatic heterocycles. The summed E-state index contributed by atoms with van der Waals surface area (Å²) in [5.74, 6) is 0.942. The summed E-state index contributed by atoms with van der Waals surface area (Å²) in [6.45, 7) is 4.34. The number of hydrogen-bond donors (Lipinski definition) is 1. The van der Waals surface area contributed by atoms with E-state index in [4.69, 9.17) is 15.2 Å². The molecule has 6 heteroatoms. The second kappa shape index (κ2) is 6.09. The average molecular weight is 240 g/mol. The predicted molar refractivity (Wildman–Crippen MR) is 62.3 cm³/mol. The van der Waals surface area contributed by atoms with Crippen LogP contribution in [0.5, 0.6) is 0 Å². The third-order valence-electron chi connectivity index (χ3n) is 2.76. The number of ether oxygens (including phenoxy) is 2. The topological polar surface area (TPSA) is 75.2 Å². The lowest BCUT2D eigenvalue weighted by Crippen LogP contribution is -2.30. The Hall–Kier alpha value is -0.980. The minimum atomic E-state index is -0.146. The molecule has 0 aromatic carbocycles. The fourth-order valence-electron chi connectivity index (χ4n) is 1.95. The summed E-state index contributed by atoms with van der Waals surface area (Å²) < 4.78 is 12.7. The highest BCUT2D eigenvalue weighted by Crippen LogP contribution is 2.11. The Balaban J connectivity index is 1.83. The summed E-state index contributed by atoms with van der Waals surface area (Å²) >= 11 is 0. The Bertz CT molecular complexity index is 336. The Morgan fingerprint density at radius 2 is 2.29 bits per heavy atom. The van der Waals surface area contributed by atoms with Crippen LogP contribution in [-0.2, 0) is 22.4 Å². The highest BCUT2D eigenvalue weighted by atomic mass is 16.7. The Kier molecular flexibility index (Phi) is 4.47. The van der Waals surface area contributed by atoms with Gasteiger partial charge in [0.2, 0.25) is 0 Å². The van der Waals surface area contributed by atoms with Gasteiger partial charge in [-0.05, 0) is 6.42 Å². The van der Waals surface area contributed by atoms with E-state index in [2.05, 4.69) is 17.0 Å². The van der Waals surface area contributed by atoms with Crippen LogP contribution in [-0.4, -0.2) is 40.3 Å². The van der Waals surface area contributed by atoms with Gasteiger partial charge in [0.05, 0.1) is 13.2 Å². The van der Waals surface area contributed by atoms with Crippen molar-refractivity contribution in [2.24, 2.45) is 5.73 Å². The quantitative estimate of drug-likeness (QED) is 0.775. The molecule has 1 saturated heterocycles. The molecule has 1 unspecified atom stereocenters. The molecule has 0 aliphatic carbocycles. The molecule has 1 fully saturated rings. The molecule has 0 bridgehead atoms. The van der Waals surface area contributed by atoms with E-state index in [0.717, 1.165) is 18.8 Å². The van der Waals surface area contributed by atoms with Crippen molar-refractivity contribution < 1.29 is 9.47 Å².